The molecule has 15 heavy (non-hydrogen) atoms. The number of amides is 1. The second-order valence-electron chi connectivity index (χ2n) is 2.80. The zero-order valence-electron chi connectivity index (χ0n) is 7.67. The summed E-state index contributed by atoms with van der Waals surface area (Å²) >= 11 is 2.98. The largest absolute Gasteiger partial charge is 0.478 e. The average molecular weight is 276 g/mol. The van der Waals surface area contributed by atoms with Gasteiger partial charge in [0.25, 0.3) is 0 Å². The zero-order chi connectivity index (χ0) is 11.6. The fourth-order valence-corrected chi connectivity index (χ4v) is 1.53. The number of carbonyl (C=O) groups is 2. The first kappa shape index (κ1) is 11.6. The molecule has 0 atom stereocenters. The van der Waals surface area contributed by atoms with Crippen LogP contribution in [0.4, 0.5) is 10.1 Å². The molecule has 0 aliphatic carbocycles. The molecule has 6 heteroatoms. The summed E-state index contributed by atoms with van der Waals surface area (Å²) < 4.78 is 13.5. The Balaban J connectivity index is 3.21. The molecule has 1 amide bonds. The van der Waals surface area contributed by atoms with Crippen molar-refractivity contribution in [1.29, 1.82) is 0 Å². The van der Waals surface area contributed by atoms with Crippen molar-refractivity contribution in [1.82, 2.24) is 0 Å². The number of nitrogens with one attached hydrogen (secondary N) is 1. The third-order valence-electron chi connectivity index (χ3n) is 1.59. The lowest BCUT2D eigenvalue weighted by atomic mass is 10.2. The highest BCUT2D eigenvalue weighted by molar-refractivity contribution is 9.10. The van der Waals surface area contributed by atoms with E-state index in [2.05, 4.69) is 21.2 Å². The van der Waals surface area contributed by atoms with E-state index in [-0.39, 0.29) is 15.7 Å². The highest BCUT2D eigenvalue weighted by atomic mass is 79.9. The van der Waals surface area contributed by atoms with Crippen LogP contribution in [0.25, 0.3) is 0 Å². The third kappa shape index (κ3) is 2.76. The molecule has 0 unspecified atom stereocenters. The fourth-order valence-electron chi connectivity index (χ4n) is 0.992. The molecule has 80 valence electrons. The first-order chi connectivity index (χ1) is 6.91. The van der Waals surface area contributed by atoms with Gasteiger partial charge in [-0.2, -0.15) is 0 Å². The Kier molecular flexibility index (Phi) is 3.41. The number of aromatic carboxylic acids is 1. The summed E-state index contributed by atoms with van der Waals surface area (Å²) in [5.41, 5.74) is -0.249. The van der Waals surface area contributed by atoms with Gasteiger partial charge < -0.3 is 10.4 Å². The van der Waals surface area contributed by atoms with E-state index in [1.54, 1.807) is 0 Å². The molecule has 1 rings (SSSR count). The Morgan fingerprint density at radius 1 is 1.47 bits per heavy atom. The number of rotatable bonds is 2. The molecule has 1 aromatic rings. The predicted molar refractivity (Wildman–Crippen MR) is 55.4 cm³/mol. The number of carbonyl (C=O) groups excluding carboxylic acids is 1. The number of anilines is 1. The normalized spacial score (nSPS) is 9.80. The Bertz CT molecular complexity index is 410. The van der Waals surface area contributed by atoms with Crippen LogP contribution in [0.3, 0.4) is 0 Å². The van der Waals surface area contributed by atoms with Crippen LogP contribution in [0.5, 0.6) is 0 Å². The Hall–Kier alpha value is -1.43. The zero-order valence-corrected chi connectivity index (χ0v) is 9.26. The van der Waals surface area contributed by atoms with Gasteiger partial charge in [-0.05, 0) is 28.1 Å². The lowest BCUT2D eigenvalue weighted by Crippen LogP contribution is -2.09. The third-order valence-corrected chi connectivity index (χ3v) is 2.22. The van der Waals surface area contributed by atoms with Crippen LogP contribution in [0.1, 0.15) is 17.3 Å². The maximum atomic E-state index is 13.3. The van der Waals surface area contributed by atoms with E-state index in [0.717, 1.165) is 6.07 Å². The maximum Gasteiger partial charge on any atom is 0.335 e. The van der Waals surface area contributed by atoms with E-state index in [1.165, 1.54) is 13.0 Å². The average Bonchev–Trinajstić information content (AvgIpc) is 2.10. The molecule has 0 spiro atoms. The molecule has 0 radical (unpaired) electrons. The predicted octanol–water partition coefficient (Wildman–Crippen LogP) is 2.24. The van der Waals surface area contributed by atoms with Gasteiger partial charge in [-0.25, -0.2) is 9.18 Å². The van der Waals surface area contributed by atoms with Crippen LogP contribution in [0.15, 0.2) is 16.6 Å². The van der Waals surface area contributed by atoms with Crippen LogP contribution >= 0.6 is 15.9 Å². The number of hydrogen-bond donors (Lipinski definition) is 2. The fraction of sp³-hybridized carbons (Fsp3) is 0.111. The van der Waals surface area contributed by atoms with E-state index in [0.29, 0.717) is 0 Å². The van der Waals surface area contributed by atoms with Crippen LogP contribution in [0.2, 0.25) is 0 Å². The van der Waals surface area contributed by atoms with Crippen LogP contribution in [0, 0.1) is 5.82 Å². The van der Waals surface area contributed by atoms with Crippen molar-refractivity contribution in [2.45, 2.75) is 6.92 Å². The Labute approximate surface area is 93.2 Å². The number of carboxylic acid groups (broad SMARTS) is 1. The minimum Gasteiger partial charge on any atom is -0.478 e. The van der Waals surface area contributed by atoms with Gasteiger partial charge in [-0.1, -0.05) is 0 Å². The smallest absolute Gasteiger partial charge is 0.335 e. The Morgan fingerprint density at radius 3 is 2.47 bits per heavy atom. The summed E-state index contributed by atoms with van der Waals surface area (Å²) in [7, 11) is 0. The number of carboxylic acids is 1. The number of benzene rings is 1. The Morgan fingerprint density at radius 2 is 2.07 bits per heavy atom. The molecule has 0 aliphatic heterocycles. The first-order valence-electron chi connectivity index (χ1n) is 3.91. The summed E-state index contributed by atoms with van der Waals surface area (Å²) in [6, 6.07) is 2.06. The van der Waals surface area contributed by atoms with Gasteiger partial charge in [0.1, 0.15) is 5.82 Å². The summed E-state index contributed by atoms with van der Waals surface area (Å²) in [6.45, 7) is 1.23. The monoisotopic (exact) mass is 275 g/mol. The lowest BCUT2D eigenvalue weighted by Gasteiger charge is -2.07. The minimum atomic E-state index is -1.23. The SMILES string of the molecule is CC(=O)Nc1c(F)cc(C(=O)O)cc1Br. The van der Waals surface area contributed by atoms with Crippen molar-refractivity contribution in [3.05, 3.63) is 28.0 Å². The van der Waals surface area contributed by atoms with Gasteiger partial charge in [-0.15, -0.1) is 0 Å². The summed E-state index contributed by atoms with van der Waals surface area (Å²) in [5, 5.41) is 10.9. The van der Waals surface area contributed by atoms with Crippen LogP contribution < -0.4 is 5.32 Å². The quantitative estimate of drug-likeness (QED) is 0.870. The van der Waals surface area contributed by atoms with Gasteiger partial charge in [0.05, 0.1) is 11.3 Å². The van der Waals surface area contributed by atoms with Crippen molar-refractivity contribution in [3.8, 4) is 0 Å². The summed E-state index contributed by atoms with van der Waals surface area (Å²) in [5.74, 6) is -2.46. The molecular weight excluding hydrogens is 269 g/mol. The van der Waals surface area contributed by atoms with Gasteiger partial charge in [0, 0.05) is 11.4 Å². The van der Waals surface area contributed by atoms with Crippen molar-refractivity contribution in [2.75, 3.05) is 5.32 Å². The van der Waals surface area contributed by atoms with E-state index < -0.39 is 17.7 Å². The molecule has 0 saturated carbocycles. The number of halogens is 2. The summed E-state index contributed by atoms with van der Waals surface area (Å²) in [4.78, 5) is 21.3. The van der Waals surface area contributed by atoms with Gasteiger partial charge in [0.2, 0.25) is 5.91 Å². The first-order valence-corrected chi connectivity index (χ1v) is 4.71. The van der Waals surface area contributed by atoms with Crippen molar-refractivity contribution in [2.24, 2.45) is 0 Å². The molecule has 0 aliphatic rings. The maximum absolute atomic E-state index is 13.3. The van der Waals surface area contributed by atoms with Gasteiger partial charge in [0.15, 0.2) is 0 Å². The van der Waals surface area contributed by atoms with Crippen LogP contribution in [-0.4, -0.2) is 17.0 Å². The van der Waals surface area contributed by atoms with Crippen LogP contribution in [-0.2, 0) is 4.79 Å². The van der Waals surface area contributed by atoms with E-state index in [1.807, 2.05) is 0 Å². The molecule has 4 nitrogen and oxygen atoms in total. The van der Waals surface area contributed by atoms with Crippen molar-refractivity contribution in [3.63, 3.8) is 0 Å². The molecule has 0 heterocycles. The van der Waals surface area contributed by atoms with E-state index in [9.17, 15) is 14.0 Å². The second-order valence-corrected chi connectivity index (χ2v) is 3.66. The van der Waals surface area contributed by atoms with E-state index in [4.69, 9.17) is 5.11 Å². The molecule has 1 aromatic carbocycles. The van der Waals surface area contributed by atoms with Crippen molar-refractivity contribution >= 4 is 33.5 Å². The minimum absolute atomic E-state index is 0.0625. The second kappa shape index (κ2) is 4.39. The molecule has 0 fully saturated rings. The van der Waals surface area contributed by atoms with Crippen molar-refractivity contribution < 1.29 is 19.1 Å². The molecule has 0 saturated heterocycles. The van der Waals surface area contributed by atoms with Gasteiger partial charge in [-0.3, -0.25) is 4.79 Å². The van der Waals surface area contributed by atoms with E-state index >= 15 is 0 Å². The standard InChI is InChI=1S/C9H7BrFNO3/c1-4(13)12-8-6(10)2-5(9(14)15)3-7(8)11/h2-3H,1H3,(H,12,13)(H,14,15). The molecule has 0 bridgehead atoms. The highest BCUT2D eigenvalue weighted by Gasteiger charge is 2.13. The number of hydrogen-bond acceptors (Lipinski definition) is 2. The highest BCUT2D eigenvalue weighted by Crippen LogP contribution is 2.27. The lowest BCUT2D eigenvalue weighted by molar-refractivity contribution is -0.114. The topological polar surface area (TPSA) is 66.4 Å². The summed E-state index contributed by atoms with van der Waals surface area (Å²) in [6.07, 6.45) is 0. The molecular formula is C9H7BrFNO3. The molecule has 2 N–H and O–H groups in total. The van der Waals surface area contributed by atoms with Gasteiger partial charge >= 0.3 is 5.97 Å². The molecule has 0 aromatic heterocycles.